The van der Waals surface area contributed by atoms with Gasteiger partial charge in [0.05, 0.1) is 0 Å². The van der Waals surface area contributed by atoms with E-state index in [9.17, 15) is 0 Å². The van der Waals surface area contributed by atoms with Gasteiger partial charge in [-0.05, 0) is 19.8 Å². The monoisotopic (exact) mass is 214 g/mol. The Morgan fingerprint density at radius 2 is 2.21 bits per heavy atom. The van der Waals surface area contributed by atoms with Crippen LogP contribution in [0.2, 0.25) is 0 Å². The maximum atomic E-state index is 6.11. The van der Waals surface area contributed by atoms with Crippen molar-refractivity contribution in [1.82, 2.24) is 9.36 Å². The molecule has 4 nitrogen and oxygen atoms in total. The summed E-state index contributed by atoms with van der Waals surface area (Å²) in [5, 5.41) is 4.05. The molecule has 80 valence electrons. The van der Waals surface area contributed by atoms with Crippen LogP contribution in [0.3, 0.4) is 0 Å². The quantitative estimate of drug-likeness (QED) is 0.799. The fraction of sp³-hybridized carbons (Fsp3) is 0.778. The molecule has 0 aliphatic rings. The molecule has 1 rings (SSSR count). The van der Waals surface area contributed by atoms with Crippen molar-refractivity contribution in [3.05, 3.63) is 5.82 Å². The Balaban J connectivity index is 2.48. The van der Waals surface area contributed by atoms with E-state index in [1.54, 1.807) is 0 Å². The fourth-order valence-electron chi connectivity index (χ4n) is 0.839. The number of rotatable bonds is 4. The van der Waals surface area contributed by atoms with E-state index in [4.69, 9.17) is 5.73 Å². The summed E-state index contributed by atoms with van der Waals surface area (Å²) in [7, 11) is 0. The largest absolute Gasteiger partial charge is 0.358 e. The summed E-state index contributed by atoms with van der Waals surface area (Å²) < 4.78 is 4.09. The van der Waals surface area contributed by atoms with E-state index in [2.05, 4.69) is 28.5 Å². The van der Waals surface area contributed by atoms with Gasteiger partial charge in [0.1, 0.15) is 5.82 Å². The van der Waals surface area contributed by atoms with Crippen molar-refractivity contribution in [2.75, 3.05) is 11.9 Å². The number of hydrogen-bond acceptors (Lipinski definition) is 5. The Labute approximate surface area is 89.1 Å². The number of anilines is 1. The summed E-state index contributed by atoms with van der Waals surface area (Å²) >= 11 is 1.37. The zero-order valence-electron chi connectivity index (χ0n) is 9.16. The first-order valence-electron chi connectivity index (χ1n) is 4.75. The summed E-state index contributed by atoms with van der Waals surface area (Å²) in [6, 6.07) is 0. The second kappa shape index (κ2) is 4.23. The molecule has 3 N–H and O–H groups in total. The second-order valence-electron chi connectivity index (χ2n) is 4.16. The third-order valence-electron chi connectivity index (χ3n) is 2.47. The van der Waals surface area contributed by atoms with Crippen molar-refractivity contribution >= 4 is 16.7 Å². The van der Waals surface area contributed by atoms with Crippen LogP contribution in [0.15, 0.2) is 0 Å². The van der Waals surface area contributed by atoms with Crippen LogP contribution in [-0.4, -0.2) is 21.4 Å². The van der Waals surface area contributed by atoms with Gasteiger partial charge in [-0.25, -0.2) is 4.98 Å². The predicted octanol–water partition coefficient (Wildman–Crippen LogP) is 1.63. The van der Waals surface area contributed by atoms with Crippen molar-refractivity contribution in [2.45, 2.75) is 33.2 Å². The highest BCUT2D eigenvalue weighted by atomic mass is 32.1. The molecule has 0 radical (unpaired) electrons. The predicted molar refractivity (Wildman–Crippen MR) is 60.6 cm³/mol. The van der Waals surface area contributed by atoms with E-state index < -0.39 is 0 Å². The van der Waals surface area contributed by atoms with Crippen LogP contribution in [-0.2, 0) is 0 Å². The molecule has 0 aliphatic heterocycles. The number of aryl methyl sites for hydroxylation is 1. The molecule has 5 heteroatoms. The van der Waals surface area contributed by atoms with Crippen LogP contribution in [0.25, 0.3) is 0 Å². The van der Waals surface area contributed by atoms with E-state index in [0.717, 1.165) is 17.5 Å². The van der Waals surface area contributed by atoms with E-state index >= 15 is 0 Å². The Kier molecular flexibility index (Phi) is 3.44. The molecule has 0 aliphatic carbocycles. The number of nitrogens with zero attached hydrogens (tertiary/aromatic N) is 2. The average molecular weight is 214 g/mol. The molecule has 0 fully saturated rings. The standard InChI is InChI=1S/C9H18N4S/c1-6(2)9(4,10)5-11-8-12-7(3)13-14-8/h6H,5,10H2,1-4H3,(H,11,12,13). The van der Waals surface area contributed by atoms with E-state index in [0.29, 0.717) is 5.92 Å². The molecular formula is C9H18N4S. The molecule has 0 spiro atoms. The lowest BCUT2D eigenvalue weighted by atomic mass is 9.90. The first-order valence-corrected chi connectivity index (χ1v) is 5.52. The maximum Gasteiger partial charge on any atom is 0.202 e. The van der Waals surface area contributed by atoms with Gasteiger partial charge in [0.25, 0.3) is 0 Å². The third-order valence-corrected chi connectivity index (χ3v) is 3.23. The summed E-state index contributed by atoms with van der Waals surface area (Å²) in [6.07, 6.45) is 0. The molecule has 1 unspecified atom stereocenters. The van der Waals surface area contributed by atoms with Crippen molar-refractivity contribution < 1.29 is 0 Å². The first kappa shape index (κ1) is 11.4. The van der Waals surface area contributed by atoms with Crippen molar-refractivity contribution in [2.24, 2.45) is 11.7 Å². The molecule has 1 atom stereocenters. The minimum Gasteiger partial charge on any atom is -0.358 e. The molecule has 0 saturated carbocycles. The summed E-state index contributed by atoms with van der Waals surface area (Å²) in [5.74, 6) is 1.24. The summed E-state index contributed by atoms with van der Waals surface area (Å²) in [6.45, 7) is 8.88. The highest BCUT2D eigenvalue weighted by Gasteiger charge is 2.22. The molecule has 14 heavy (non-hydrogen) atoms. The van der Waals surface area contributed by atoms with Crippen molar-refractivity contribution in [3.63, 3.8) is 0 Å². The maximum absolute atomic E-state index is 6.11. The lowest BCUT2D eigenvalue weighted by Crippen LogP contribution is -2.47. The normalized spacial score (nSPS) is 15.6. The van der Waals surface area contributed by atoms with Crippen LogP contribution in [0.4, 0.5) is 5.13 Å². The molecule has 0 aromatic carbocycles. The smallest absolute Gasteiger partial charge is 0.202 e. The Bertz CT molecular complexity index is 293. The molecular weight excluding hydrogens is 196 g/mol. The highest BCUT2D eigenvalue weighted by molar-refractivity contribution is 7.09. The van der Waals surface area contributed by atoms with Crippen LogP contribution in [0.1, 0.15) is 26.6 Å². The lowest BCUT2D eigenvalue weighted by Gasteiger charge is -2.29. The Morgan fingerprint density at radius 3 is 2.64 bits per heavy atom. The number of nitrogens with one attached hydrogen (secondary N) is 1. The van der Waals surface area contributed by atoms with Gasteiger partial charge in [0, 0.05) is 23.6 Å². The van der Waals surface area contributed by atoms with E-state index in [-0.39, 0.29) is 5.54 Å². The highest BCUT2D eigenvalue weighted by Crippen LogP contribution is 2.16. The van der Waals surface area contributed by atoms with Gasteiger partial charge >= 0.3 is 0 Å². The Hall–Kier alpha value is -0.680. The topological polar surface area (TPSA) is 63.8 Å². The van der Waals surface area contributed by atoms with E-state index in [1.807, 2.05) is 13.8 Å². The lowest BCUT2D eigenvalue weighted by molar-refractivity contribution is 0.358. The van der Waals surface area contributed by atoms with E-state index in [1.165, 1.54) is 11.5 Å². The van der Waals surface area contributed by atoms with Crippen molar-refractivity contribution in [3.8, 4) is 0 Å². The van der Waals surface area contributed by atoms with Gasteiger partial charge in [0.15, 0.2) is 0 Å². The molecule has 0 saturated heterocycles. The fourth-order valence-corrected chi connectivity index (χ4v) is 1.41. The van der Waals surface area contributed by atoms with Crippen LogP contribution >= 0.6 is 11.5 Å². The van der Waals surface area contributed by atoms with Crippen LogP contribution in [0, 0.1) is 12.8 Å². The average Bonchev–Trinajstić information content (AvgIpc) is 2.48. The summed E-state index contributed by atoms with van der Waals surface area (Å²) in [4.78, 5) is 4.21. The van der Waals surface area contributed by atoms with Crippen molar-refractivity contribution in [1.29, 1.82) is 0 Å². The molecule has 1 aromatic rings. The van der Waals surface area contributed by atoms with Crippen LogP contribution < -0.4 is 11.1 Å². The molecule has 1 heterocycles. The zero-order valence-corrected chi connectivity index (χ0v) is 9.98. The van der Waals surface area contributed by atoms with Gasteiger partial charge in [-0.15, -0.1) is 0 Å². The van der Waals surface area contributed by atoms with Gasteiger partial charge in [-0.1, -0.05) is 13.8 Å². The van der Waals surface area contributed by atoms with Gasteiger partial charge in [0.2, 0.25) is 5.13 Å². The third kappa shape index (κ3) is 2.92. The summed E-state index contributed by atoms with van der Waals surface area (Å²) in [5.41, 5.74) is 5.90. The first-order chi connectivity index (χ1) is 6.42. The minimum absolute atomic E-state index is 0.209. The molecule has 0 amide bonds. The molecule has 0 bridgehead atoms. The van der Waals surface area contributed by atoms with Gasteiger partial charge in [-0.2, -0.15) is 4.37 Å². The van der Waals surface area contributed by atoms with Gasteiger partial charge < -0.3 is 11.1 Å². The minimum atomic E-state index is -0.209. The van der Waals surface area contributed by atoms with Gasteiger partial charge in [-0.3, -0.25) is 0 Å². The second-order valence-corrected chi connectivity index (χ2v) is 4.91. The zero-order chi connectivity index (χ0) is 10.8. The SMILES string of the molecule is Cc1nsc(NCC(C)(N)C(C)C)n1. The number of aromatic nitrogens is 2. The number of nitrogens with two attached hydrogens (primary N) is 1. The number of hydrogen-bond donors (Lipinski definition) is 2. The molecule has 1 aromatic heterocycles. The van der Waals surface area contributed by atoms with Crippen LogP contribution in [0.5, 0.6) is 0 Å². The Morgan fingerprint density at radius 1 is 1.57 bits per heavy atom.